The van der Waals surface area contributed by atoms with Crippen LogP contribution < -0.4 is 10.0 Å². The Morgan fingerprint density at radius 1 is 1.35 bits per heavy atom. The quantitative estimate of drug-likeness (QED) is 0.594. The van der Waals surface area contributed by atoms with E-state index in [9.17, 15) is 18.5 Å². The van der Waals surface area contributed by atoms with E-state index in [-0.39, 0.29) is 10.6 Å². The van der Waals surface area contributed by atoms with Crippen molar-refractivity contribution < 1.29 is 13.3 Å². The topological polar surface area (TPSA) is 125 Å². The lowest BCUT2D eigenvalue weighted by Crippen LogP contribution is -2.39. The molecule has 1 heterocycles. The van der Waals surface area contributed by atoms with Crippen LogP contribution in [0.25, 0.3) is 0 Å². The fourth-order valence-corrected chi connectivity index (χ4v) is 3.23. The summed E-state index contributed by atoms with van der Waals surface area (Å²) in [5.41, 5.74) is -0.179. The molecule has 20 heavy (non-hydrogen) atoms. The van der Waals surface area contributed by atoms with Gasteiger partial charge in [0.15, 0.2) is 0 Å². The molecule has 0 spiro atoms. The van der Waals surface area contributed by atoms with Crippen molar-refractivity contribution in [1.82, 2.24) is 10.0 Å². The minimum absolute atomic E-state index is 0.0633. The molecule has 0 aliphatic carbocycles. The van der Waals surface area contributed by atoms with E-state index in [4.69, 9.17) is 5.26 Å². The Hall–Kier alpha value is -2.02. The van der Waals surface area contributed by atoms with Gasteiger partial charge in [-0.25, -0.2) is 13.1 Å². The van der Waals surface area contributed by atoms with Crippen LogP contribution in [0.1, 0.15) is 0 Å². The first-order chi connectivity index (χ1) is 9.44. The number of sulfonamides is 1. The second kappa shape index (κ2) is 5.54. The summed E-state index contributed by atoms with van der Waals surface area (Å²) >= 11 is 0. The van der Waals surface area contributed by atoms with Crippen molar-refractivity contribution in [2.24, 2.45) is 5.92 Å². The van der Waals surface area contributed by atoms with Gasteiger partial charge in [-0.2, -0.15) is 5.26 Å². The summed E-state index contributed by atoms with van der Waals surface area (Å²) < 4.78 is 26.7. The van der Waals surface area contributed by atoms with Gasteiger partial charge >= 0.3 is 0 Å². The van der Waals surface area contributed by atoms with Crippen molar-refractivity contribution in [3.8, 4) is 6.07 Å². The van der Waals surface area contributed by atoms with Gasteiger partial charge in [-0.15, -0.1) is 0 Å². The third-order valence-corrected chi connectivity index (χ3v) is 4.55. The second-order valence-corrected chi connectivity index (χ2v) is 6.09. The van der Waals surface area contributed by atoms with Gasteiger partial charge in [-0.1, -0.05) is 0 Å². The molecule has 1 saturated heterocycles. The van der Waals surface area contributed by atoms with Crippen molar-refractivity contribution in [3.63, 3.8) is 0 Å². The average Bonchev–Trinajstić information content (AvgIpc) is 2.85. The lowest BCUT2D eigenvalue weighted by atomic mass is 10.1. The molecule has 2 unspecified atom stereocenters. The van der Waals surface area contributed by atoms with Crippen LogP contribution in [0.15, 0.2) is 29.2 Å². The molecule has 8 nitrogen and oxygen atoms in total. The van der Waals surface area contributed by atoms with E-state index in [0.717, 1.165) is 12.1 Å². The number of hydrogen-bond acceptors (Lipinski definition) is 6. The number of benzene rings is 1. The van der Waals surface area contributed by atoms with Gasteiger partial charge in [-0.3, -0.25) is 10.1 Å². The van der Waals surface area contributed by atoms with Gasteiger partial charge in [0.25, 0.3) is 5.69 Å². The third-order valence-electron chi connectivity index (χ3n) is 3.04. The van der Waals surface area contributed by atoms with Crippen LogP contribution in [-0.4, -0.2) is 32.5 Å². The third kappa shape index (κ3) is 2.93. The Morgan fingerprint density at radius 3 is 2.55 bits per heavy atom. The van der Waals surface area contributed by atoms with Gasteiger partial charge in [0.1, 0.15) is 0 Å². The molecule has 1 aromatic rings. The standard InChI is InChI=1S/C11H12N4O4S/c12-5-8-6-13-7-11(8)14-20(18,19)10-3-1-9(2-4-10)15(16)17/h1-4,8,11,13-14H,6-7H2. The number of hydrogen-bond donors (Lipinski definition) is 2. The first-order valence-corrected chi connectivity index (χ1v) is 7.29. The molecule has 1 aromatic carbocycles. The average molecular weight is 296 g/mol. The maximum Gasteiger partial charge on any atom is 0.269 e. The molecule has 1 aliphatic heterocycles. The van der Waals surface area contributed by atoms with Crippen LogP contribution in [0.4, 0.5) is 5.69 Å². The monoisotopic (exact) mass is 296 g/mol. The lowest BCUT2D eigenvalue weighted by molar-refractivity contribution is -0.384. The van der Waals surface area contributed by atoms with Crippen LogP contribution in [0.2, 0.25) is 0 Å². The molecule has 0 bridgehead atoms. The van der Waals surface area contributed by atoms with Gasteiger partial charge in [0.2, 0.25) is 10.0 Å². The minimum Gasteiger partial charge on any atom is -0.314 e. The molecule has 0 aromatic heterocycles. The fraction of sp³-hybridized carbons (Fsp3) is 0.364. The molecular formula is C11H12N4O4S. The van der Waals surface area contributed by atoms with E-state index >= 15 is 0 Å². The van der Waals surface area contributed by atoms with Crippen LogP contribution >= 0.6 is 0 Å². The smallest absolute Gasteiger partial charge is 0.269 e. The van der Waals surface area contributed by atoms with Crippen molar-refractivity contribution in [3.05, 3.63) is 34.4 Å². The summed E-state index contributed by atoms with van der Waals surface area (Å²) in [6.07, 6.45) is 0. The van der Waals surface area contributed by atoms with Crippen LogP contribution in [0, 0.1) is 27.4 Å². The number of non-ortho nitro benzene ring substituents is 1. The molecule has 1 fully saturated rings. The van der Waals surface area contributed by atoms with E-state index in [0.29, 0.717) is 13.1 Å². The lowest BCUT2D eigenvalue weighted by Gasteiger charge is -2.14. The number of nitriles is 1. The van der Waals surface area contributed by atoms with Crippen molar-refractivity contribution in [1.29, 1.82) is 5.26 Å². The first-order valence-electron chi connectivity index (χ1n) is 5.81. The minimum atomic E-state index is -3.79. The Morgan fingerprint density at radius 2 is 2.00 bits per heavy atom. The van der Waals surface area contributed by atoms with E-state index in [1.807, 2.05) is 6.07 Å². The molecule has 2 N–H and O–H groups in total. The van der Waals surface area contributed by atoms with Gasteiger partial charge in [0, 0.05) is 25.2 Å². The molecule has 0 radical (unpaired) electrons. The maximum absolute atomic E-state index is 12.1. The summed E-state index contributed by atoms with van der Waals surface area (Å²) in [4.78, 5) is 9.85. The highest BCUT2D eigenvalue weighted by Gasteiger charge is 2.31. The van der Waals surface area contributed by atoms with Gasteiger partial charge in [-0.05, 0) is 12.1 Å². The summed E-state index contributed by atoms with van der Waals surface area (Å²) in [7, 11) is -3.79. The largest absolute Gasteiger partial charge is 0.314 e. The zero-order chi connectivity index (χ0) is 14.8. The predicted molar refractivity (Wildman–Crippen MR) is 69.2 cm³/mol. The van der Waals surface area contributed by atoms with Crippen molar-refractivity contribution in [2.75, 3.05) is 13.1 Å². The fourth-order valence-electron chi connectivity index (χ4n) is 1.95. The Kier molecular flexibility index (Phi) is 3.99. The zero-order valence-corrected chi connectivity index (χ0v) is 11.1. The summed E-state index contributed by atoms with van der Waals surface area (Å²) in [6, 6.07) is 6.13. The van der Waals surface area contributed by atoms with Crippen LogP contribution in [0.3, 0.4) is 0 Å². The second-order valence-electron chi connectivity index (χ2n) is 4.37. The van der Waals surface area contributed by atoms with Crippen LogP contribution in [0.5, 0.6) is 0 Å². The van der Waals surface area contributed by atoms with Gasteiger partial charge < -0.3 is 5.32 Å². The number of nitrogens with zero attached hydrogens (tertiary/aromatic N) is 2. The maximum atomic E-state index is 12.1. The predicted octanol–water partition coefficient (Wildman–Crippen LogP) is -0.0153. The molecule has 0 saturated carbocycles. The molecule has 1 aliphatic rings. The Bertz CT molecular complexity index is 650. The molecule has 2 atom stereocenters. The van der Waals surface area contributed by atoms with Crippen molar-refractivity contribution >= 4 is 15.7 Å². The zero-order valence-electron chi connectivity index (χ0n) is 10.3. The number of nitrogens with one attached hydrogen (secondary N) is 2. The number of rotatable bonds is 4. The first kappa shape index (κ1) is 14.4. The Labute approximate surface area is 115 Å². The highest BCUT2D eigenvalue weighted by atomic mass is 32.2. The molecule has 9 heteroatoms. The Balaban J connectivity index is 2.18. The summed E-state index contributed by atoms with van der Waals surface area (Å²) in [5.74, 6) is -0.428. The SMILES string of the molecule is N#CC1CNCC1NS(=O)(=O)c1ccc([N+](=O)[O-])cc1. The van der Waals surface area contributed by atoms with Gasteiger partial charge in [0.05, 0.1) is 27.8 Å². The molecule has 106 valence electrons. The molecule has 0 amide bonds. The van der Waals surface area contributed by atoms with Crippen LogP contribution in [-0.2, 0) is 10.0 Å². The van der Waals surface area contributed by atoms with E-state index < -0.39 is 26.9 Å². The highest BCUT2D eigenvalue weighted by molar-refractivity contribution is 7.89. The summed E-state index contributed by atoms with van der Waals surface area (Å²) in [6.45, 7) is 0.814. The molecular weight excluding hydrogens is 284 g/mol. The van der Waals surface area contributed by atoms with E-state index in [1.54, 1.807) is 0 Å². The highest BCUT2D eigenvalue weighted by Crippen LogP contribution is 2.17. The number of nitro groups is 1. The normalized spacial score (nSPS) is 22.4. The molecule has 2 rings (SSSR count). The van der Waals surface area contributed by atoms with Crippen molar-refractivity contribution in [2.45, 2.75) is 10.9 Å². The van der Waals surface area contributed by atoms with E-state index in [1.165, 1.54) is 12.1 Å². The van der Waals surface area contributed by atoms with E-state index in [2.05, 4.69) is 10.0 Å². The number of nitro benzene ring substituents is 1. The summed E-state index contributed by atoms with van der Waals surface area (Å²) in [5, 5.41) is 22.4.